The van der Waals surface area contributed by atoms with Gasteiger partial charge in [-0.05, 0) is 58.1 Å². The minimum Gasteiger partial charge on any atom is -0.480 e. The molecule has 41 heavy (non-hydrogen) atoms. The van der Waals surface area contributed by atoms with E-state index in [-0.39, 0.29) is 46.6 Å². The van der Waals surface area contributed by atoms with Gasteiger partial charge in [0.1, 0.15) is 46.3 Å². The molecule has 1 aromatic carbocycles. The van der Waals surface area contributed by atoms with Crippen molar-refractivity contribution in [1.29, 1.82) is 0 Å². The number of aromatic nitrogens is 1. The maximum absolute atomic E-state index is 14.2. The summed E-state index contributed by atoms with van der Waals surface area (Å²) in [5.41, 5.74) is 0.0702. The standard InChI is InChI=1S/C28H27F2N5O5S/c1-14-33-23-24(37)18(12-19(36)28(23)41-14)31-7-3-9-35(2)10-4-8-32-20-13-40-27-22(34-20)25(38)21(26(27)39)16-11-15(29)5-6-17(16)30/h5-6,11-12,21,31H,3-4,7-10,13H2,1-2H3,(H,32,34). The zero-order chi connectivity index (χ0) is 29.3. The molecule has 10 nitrogen and oxygen atoms in total. The van der Waals surface area contributed by atoms with Crippen molar-refractivity contribution in [3.8, 4) is 0 Å². The van der Waals surface area contributed by atoms with Crippen molar-refractivity contribution in [1.82, 2.24) is 20.5 Å². The zero-order valence-electron chi connectivity index (χ0n) is 22.4. The fourth-order valence-electron chi connectivity index (χ4n) is 4.82. The summed E-state index contributed by atoms with van der Waals surface area (Å²) in [5.74, 6) is -4.77. The molecule has 0 saturated heterocycles. The minimum absolute atomic E-state index is 0.0449. The molecule has 0 fully saturated rings. The highest BCUT2D eigenvalue weighted by atomic mass is 32.1. The third-order valence-electron chi connectivity index (χ3n) is 6.84. The molecule has 5 rings (SSSR count). The fraction of sp³-hybridized carbons (Fsp3) is 0.357. The molecule has 13 heteroatoms. The van der Waals surface area contributed by atoms with Crippen molar-refractivity contribution in [3.63, 3.8) is 0 Å². The number of benzene rings is 1. The number of ether oxygens (including phenoxy) is 1. The van der Waals surface area contributed by atoms with Gasteiger partial charge < -0.3 is 20.3 Å². The van der Waals surface area contributed by atoms with E-state index in [9.17, 15) is 28.0 Å². The van der Waals surface area contributed by atoms with Gasteiger partial charge in [-0.15, -0.1) is 11.3 Å². The van der Waals surface area contributed by atoms with E-state index in [4.69, 9.17) is 4.74 Å². The number of aryl methyl sites for hydroxylation is 1. The molecule has 0 radical (unpaired) electrons. The predicted molar refractivity (Wildman–Crippen MR) is 146 cm³/mol. The first-order valence-electron chi connectivity index (χ1n) is 13.1. The van der Waals surface area contributed by atoms with Crippen LogP contribution in [0.2, 0.25) is 0 Å². The summed E-state index contributed by atoms with van der Waals surface area (Å²) in [6.45, 7) is 4.13. The summed E-state index contributed by atoms with van der Waals surface area (Å²) >= 11 is 1.22. The first-order valence-corrected chi connectivity index (χ1v) is 13.9. The predicted octanol–water partition coefficient (Wildman–Crippen LogP) is 2.46. The van der Waals surface area contributed by atoms with E-state index >= 15 is 0 Å². The van der Waals surface area contributed by atoms with Crippen LogP contribution < -0.4 is 10.6 Å². The second kappa shape index (κ2) is 11.8. The molecule has 1 atom stereocenters. The summed E-state index contributed by atoms with van der Waals surface area (Å²) in [6, 6.07) is 2.65. The quantitative estimate of drug-likeness (QED) is 0.320. The van der Waals surface area contributed by atoms with Crippen LogP contribution in [0.1, 0.15) is 49.5 Å². The van der Waals surface area contributed by atoms with Crippen LogP contribution in [-0.4, -0.2) is 78.7 Å². The van der Waals surface area contributed by atoms with Crippen LogP contribution in [0.25, 0.3) is 0 Å². The third-order valence-corrected chi connectivity index (χ3v) is 7.82. The number of Topliss-reactive ketones (excluding diaryl/α,β-unsaturated/α-hetero) is 3. The summed E-state index contributed by atoms with van der Waals surface area (Å²) in [6.07, 6.45) is 2.78. The maximum atomic E-state index is 14.2. The number of ketones is 4. The Bertz CT molecular complexity index is 1550. The Morgan fingerprint density at radius 1 is 1.17 bits per heavy atom. The number of carbonyl (C=O) groups is 4. The molecule has 2 aliphatic carbocycles. The lowest BCUT2D eigenvalue weighted by atomic mass is 9.94. The molecule has 0 saturated carbocycles. The first kappa shape index (κ1) is 28.4. The van der Waals surface area contributed by atoms with Crippen LogP contribution in [0.5, 0.6) is 0 Å². The largest absolute Gasteiger partial charge is 0.480 e. The van der Waals surface area contributed by atoms with Crippen LogP contribution in [0.15, 0.2) is 46.4 Å². The van der Waals surface area contributed by atoms with Crippen molar-refractivity contribution in [2.45, 2.75) is 25.7 Å². The Balaban J connectivity index is 1.04. The van der Waals surface area contributed by atoms with Gasteiger partial charge in [-0.25, -0.2) is 13.8 Å². The second-order valence-corrected chi connectivity index (χ2v) is 11.1. The van der Waals surface area contributed by atoms with Crippen LogP contribution in [0.4, 0.5) is 8.78 Å². The number of halogens is 2. The highest BCUT2D eigenvalue weighted by molar-refractivity contribution is 7.14. The average Bonchev–Trinajstić information content (AvgIpc) is 3.46. The smallest absolute Gasteiger partial charge is 0.228 e. The molecular formula is C28H27F2N5O5S. The molecule has 2 N–H and O–H groups in total. The first-order chi connectivity index (χ1) is 19.6. The molecule has 1 unspecified atom stereocenters. The number of rotatable bonds is 10. The van der Waals surface area contributed by atoms with Gasteiger partial charge in [0.05, 0.1) is 10.7 Å². The Hall–Kier alpha value is -4.10. The van der Waals surface area contributed by atoms with Crippen molar-refractivity contribution in [2.75, 3.05) is 39.8 Å². The monoisotopic (exact) mass is 583 g/mol. The van der Waals surface area contributed by atoms with Crippen LogP contribution >= 0.6 is 11.3 Å². The van der Waals surface area contributed by atoms with Gasteiger partial charge in [0.15, 0.2) is 17.3 Å². The topological polar surface area (TPSA) is 130 Å². The van der Waals surface area contributed by atoms with Gasteiger partial charge >= 0.3 is 0 Å². The maximum Gasteiger partial charge on any atom is 0.228 e. The van der Waals surface area contributed by atoms with E-state index in [1.807, 2.05) is 7.05 Å². The Morgan fingerprint density at radius 3 is 2.76 bits per heavy atom. The molecule has 1 aliphatic heterocycles. The highest BCUT2D eigenvalue weighted by Gasteiger charge is 2.46. The lowest BCUT2D eigenvalue weighted by Gasteiger charge is -2.19. The molecule has 214 valence electrons. The summed E-state index contributed by atoms with van der Waals surface area (Å²) in [7, 11) is 1.96. The van der Waals surface area contributed by atoms with Gasteiger partial charge in [0.25, 0.3) is 0 Å². The number of thiazole rings is 1. The third kappa shape index (κ3) is 5.86. The molecule has 0 bridgehead atoms. The lowest BCUT2D eigenvalue weighted by molar-refractivity contribution is -0.124. The van der Waals surface area contributed by atoms with E-state index < -0.39 is 29.1 Å². The number of hydrogen-bond acceptors (Lipinski definition) is 10. The fourth-order valence-corrected chi connectivity index (χ4v) is 5.65. The van der Waals surface area contributed by atoms with Crippen molar-refractivity contribution < 1.29 is 32.7 Å². The van der Waals surface area contributed by atoms with Gasteiger partial charge in [-0.2, -0.15) is 0 Å². The molecule has 2 heterocycles. The van der Waals surface area contributed by atoms with E-state index in [0.717, 1.165) is 37.7 Å². The number of carbonyl (C=O) groups excluding carboxylic acids is 4. The normalized spacial score (nSPS) is 19.4. The number of amidine groups is 1. The van der Waals surface area contributed by atoms with Crippen LogP contribution in [-0.2, 0) is 14.3 Å². The van der Waals surface area contributed by atoms with E-state index in [1.165, 1.54) is 17.4 Å². The van der Waals surface area contributed by atoms with Crippen molar-refractivity contribution in [2.24, 2.45) is 4.99 Å². The lowest BCUT2D eigenvalue weighted by Crippen LogP contribution is -2.35. The van der Waals surface area contributed by atoms with E-state index in [1.54, 1.807) is 6.92 Å². The highest BCUT2D eigenvalue weighted by Crippen LogP contribution is 2.35. The van der Waals surface area contributed by atoms with Crippen molar-refractivity contribution in [3.05, 3.63) is 74.2 Å². The van der Waals surface area contributed by atoms with E-state index in [0.29, 0.717) is 35.2 Å². The number of allylic oxidation sites excluding steroid dienone is 4. The van der Waals surface area contributed by atoms with Gasteiger partial charge in [0, 0.05) is 24.7 Å². The Morgan fingerprint density at radius 2 is 1.95 bits per heavy atom. The van der Waals surface area contributed by atoms with Gasteiger partial charge in [-0.1, -0.05) is 0 Å². The van der Waals surface area contributed by atoms with E-state index in [2.05, 4.69) is 25.5 Å². The van der Waals surface area contributed by atoms with Crippen molar-refractivity contribution >= 4 is 40.3 Å². The molecule has 3 aliphatic rings. The Kier molecular flexibility index (Phi) is 8.18. The number of fused-ring (bicyclic) bond motifs is 1. The number of aliphatic imine (C=N–C) groups is 1. The average molecular weight is 584 g/mol. The van der Waals surface area contributed by atoms with Crippen LogP contribution in [0, 0.1) is 18.6 Å². The summed E-state index contributed by atoms with van der Waals surface area (Å²) in [5, 5.41) is 6.57. The zero-order valence-corrected chi connectivity index (χ0v) is 23.2. The molecule has 2 aromatic rings. The summed E-state index contributed by atoms with van der Waals surface area (Å²) < 4.78 is 33.4. The SMILES string of the molecule is Cc1nc2c(s1)C(=O)C=C(NCCCN(C)CCCN=C1COC3=C(N1)C(=O)C(c1cc(F)ccc1F)C3=O)C2=O. The van der Waals surface area contributed by atoms with Gasteiger partial charge in [0.2, 0.25) is 11.6 Å². The molecule has 1 aromatic heterocycles. The van der Waals surface area contributed by atoms with Crippen LogP contribution in [0.3, 0.4) is 0 Å². The van der Waals surface area contributed by atoms with Gasteiger partial charge in [-0.3, -0.25) is 24.2 Å². The molecular weight excluding hydrogens is 556 g/mol. The molecule has 0 amide bonds. The number of hydrogen-bond donors (Lipinski definition) is 2. The second-order valence-electron chi connectivity index (χ2n) is 9.87. The number of nitrogens with one attached hydrogen (secondary N) is 2. The minimum atomic E-state index is -1.49. The summed E-state index contributed by atoms with van der Waals surface area (Å²) in [4.78, 5) is 61.5. The molecule has 0 spiro atoms. The Labute approximate surface area is 238 Å². The number of nitrogens with zero attached hydrogens (tertiary/aromatic N) is 3.